The fourth-order valence-corrected chi connectivity index (χ4v) is 2.73. The molecule has 1 unspecified atom stereocenters. The quantitative estimate of drug-likeness (QED) is 0.841. The summed E-state index contributed by atoms with van der Waals surface area (Å²) in [5.74, 6) is 0. The number of nitrogens with one attached hydrogen (secondary N) is 2. The monoisotopic (exact) mass is 252 g/mol. The van der Waals surface area contributed by atoms with Crippen LogP contribution in [0.2, 0.25) is 5.02 Å². The summed E-state index contributed by atoms with van der Waals surface area (Å²) in [7, 11) is 0. The lowest BCUT2D eigenvalue weighted by atomic mass is 9.89. The number of aryl methyl sites for hydroxylation is 1. The molecule has 1 saturated heterocycles. The van der Waals surface area contributed by atoms with Gasteiger partial charge < -0.3 is 10.6 Å². The first-order valence-corrected chi connectivity index (χ1v) is 6.62. The van der Waals surface area contributed by atoms with Crippen molar-refractivity contribution in [1.82, 2.24) is 5.32 Å². The maximum absolute atomic E-state index is 5.97. The van der Waals surface area contributed by atoms with Gasteiger partial charge in [0, 0.05) is 22.3 Å². The van der Waals surface area contributed by atoms with Gasteiger partial charge in [0.1, 0.15) is 0 Å². The van der Waals surface area contributed by atoms with Gasteiger partial charge in [0.15, 0.2) is 0 Å². The largest absolute Gasteiger partial charge is 0.382 e. The molecular weight excluding hydrogens is 232 g/mol. The summed E-state index contributed by atoms with van der Waals surface area (Å²) in [4.78, 5) is 0. The minimum Gasteiger partial charge on any atom is -0.382 e. The Labute approximate surface area is 109 Å². The zero-order valence-corrected chi connectivity index (χ0v) is 11.6. The number of benzene rings is 1. The van der Waals surface area contributed by atoms with E-state index in [1.54, 1.807) is 0 Å². The van der Waals surface area contributed by atoms with E-state index in [0.29, 0.717) is 6.04 Å². The van der Waals surface area contributed by atoms with Gasteiger partial charge in [-0.15, -0.1) is 0 Å². The first-order valence-electron chi connectivity index (χ1n) is 6.24. The molecule has 0 radical (unpaired) electrons. The molecule has 0 aromatic heterocycles. The molecule has 1 aliphatic heterocycles. The van der Waals surface area contributed by atoms with Crippen molar-refractivity contribution in [3.8, 4) is 0 Å². The average Bonchev–Trinajstić information content (AvgIpc) is 2.21. The lowest BCUT2D eigenvalue weighted by Gasteiger charge is -2.37. The lowest BCUT2D eigenvalue weighted by molar-refractivity contribution is 0.286. The zero-order chi connectivity index (χ0) is 12.5. The minimum atomic E-state index is 0.232. The average molecular weight is 253 g/mol. The Morgan fingerprint density at radius 2 is 2.18 bits per heavy atom. The molecule has 0 bridgehead atoms. The van der Waals surface area contributed by atoms with Crippen LogP contribution < -0.4 is 10.6 Å². The van der Waals surface area contributed by atoms with Crippen molar-refractivity contribution >= 4 is 17.3 Å². The maximum Gasteiger partial charge on any atom is 0.0410 e. The predicted molar refractivity (Wildman–Crippen MR) is 74.9 cm³/mol. The molecule has 2 rings (SSSR count). The van der Waals surface area contributed by atoms with Crippen molar-refractivity contribution in [3.63, 3.8) is 0 Å². The van der Waals surface area contributed by atoms with E-state index in [1.165, 1.54) is 17.7 Å². The molecule has 17 heavy (non-hydrogen) atoms. The molecule has 2 N–H and O–H groups in total. The molecule has 94 valence electrons. The Bertz CT molecular complexity index is 401. The topological polar surface area (TPSA) is 24.1 Å². The highest BCUT2D eigenvalue weighted by atomic mass is 35.5. The highest BCUT2D eigenvalue weighted by Gasteiger charge is 2.27. The molecule has 1 heterocycles. The van der Waals surface area contributed by atoms with Gasteiger partial charge >= 0.3 is 0 Å². The molecule has 1 aliphatic rings. The summed E-state index contributed by atoms with van der Waals surface area (Å²) in [5, 5.41) is 7.97. The number of piperidine rings is 1. The van der Waals surface area contributed by atoms with Crippen molar-refractivity contribution in [2.24, 2.45) is 0 Å². The van der Waals surface area contributed by atoms with E-state index in [0.717, 1.165) is 18.0 Å². The highest BCUT2D eigenvalue weighted by molar-refractivity contribution is 6.30. The van der Waals surface area contributed by atoms with Gasteiger partial charge in [-0.1, -0.05) is 11.6 Å². The van der Waals surface area contributed by atoms with Crippen LogP contribution in [0.25, 0.3) is 0 Å². The van der Waals surface area contributed by atoms with Crippen molar-refractivity contribution in [3.05, 3.63) is 28.8 Å². The van der Waals surface area contributed by atoms with Crippen LogP contribution in [0, 0.1) is 6.92 Å². The SMILES string of the molecule is Cc1cc(Cl)ccc1NC1CCNC(C)(C)C1. The van der Waals surface area contributed by atoms with Gasteiger partial charge in [0.05, 0.1) is 0 Å². The fourth-order valence-electron chi connectivity index (χ4n) is 2.51. The second-order valence-electron chi connectivity index (χ2n) is 5.60. The fraction of sp³-hybridized carbons (Fsp3) is 0.571. The molecule has 1 fully saturated rings. The molecule has 0 saturated carbocycles. The minimum absolute atomic E-state index is 0.232. The maximum atomic E-state index is 5.97. The first-order chi connectivity index (χ1) is 7.96. The lowest BCUT2D eigenvalue weighted by Crippen LogP contribution is -2.50. The smallest absolute Gasteiger partial charge is 0.0410 e. The third kappa shape index (κ3) is 3.36. The third-order valence-corrected chi connectivity index (χ3v) is 3.64. The Hall–Kier alpha value is -0.730. The summed E-state index contributed by atoms with van der Waals surface area (Å²) < 4.78 is 0. The second-order valence-corrected chi connectivity index (χ2v) is 6.04. The number of hydrogen-bond acceptors (Lipinski definition) is 2. The number of hydrogen-bond donors (Lipinski definition) is 2. The number of rotatable bonds is 2. The van der Waals surface area contributed by atoms with E-state index >= 15 is 0 Å². The molecule has 0 spiro atoms. The normalized spacial score (nSPS) is 23.4. The van der Waals surface area contributed by atoms with Crippen molar-refractivity contribution < 1.29 is 0 Å². The Kier molecular flexibility index (Phi) is 3.64. The molecule has 0 aliphatic carbocycles. The van der Waals surface area contributed by atoms with Gasteiger partial charge in [0.25, 0.3) is 0 Å². The van der Waals surface area contributed by atoms with Gasteiger partial charge in [-0.3, -0.25) is 0 Å². The van der Waals surface area contributed by atoms with Gasteiger partial charge in [-0.2, -0.15) is 0 Å². The molecule has 0 amide bonds. The molecule has 1 aromatic carbocycles. The Balaban J connectivity index is 2.05. The Morgan fingerprint density at radius 3 is 2.82 bits per heavy atom. The van der Waals surface area contributed by atoms with E-state index in [9.17, 15) is 0 Å². The second kappa shape index (κ2) is 4.87. The Morgan fingerprint density at radius 1 is 1.41 bits per heavy atom. The standard InChI is InChI=1S/C14H21ClN2/c1-10-8-11(15)4-5-13(10)17-12-6-7-16-14(2,3)9-12/h4-5,8,12,16-17H,6-7,9H2,1-3H3. The van der Waals surface area contributed by atoms with E-state index in [4.69, 9.17) is 11.6 Å². The van der Waals surface area contributed by atoms with Crippen LogP contribution >= 0.6 is 11.6 Å². The highest BCUT2D eigenvalue weighted by Crippen LogP contribution is 2.25. The van der Waals surface area contributed by atoms with Crippen LogP contribution in [0.5, 0.6) is 0 Å². The number of halogens is 1. The van der Waals surface area contributed by atoms with Crippen LogP contribution in [0.4, 0.5) is 5.69 Å². The van der Waals surface area contributed by atoms with Crippen molar-refractivity contribution in [2.75, 3.05) is 11.9 Å². The van der Waals surface area contributed by atoms with Crippen LogP contribution in [0.3, 0.4) is 0 Å². The van der Waals surface area contributed by atoms with Gasteiger partial charge in [0.2, 0.25) is 0 Å². The van der Waals surface area contributed by atoms with Crippen LogP contribution in [-0.4, -0.2) is 18.1 Å². The first kappa shape index (κ1) is 12.7. The summed E-state index contributed by atoms with van der Waals surface area (Å²) >= 11 is 5.97. The zero-order valence-electron chi connectivity index (χ0n) is 10.8. The molecule has 2 nitrogen and oxygen atoms in total. The van der Waals surface area contributed by atoms with Gasteiger partial charge in [-0.05, 0) is 63.9 Å². The van der Waals surface area contributed by atoms with E-state index < -0.39 is 0 Å². The van der Waals surface area contributed by atoms with Crippen LogP contribution in [0.15, 0.2) is 18.2 Å². The van der Waals surface area contributed by atoms with Crippen LogP contribution in [0.1, 0.15) is 32.3 Å². The molecule has 3 heteroatoms. The van der Waals surface area contributed by atoms with E-state index in [2.05, 4.69) is 37.5 Å². The summed E-state index contributed by atoms with van der Waals surface area (Å²) in [6, 6.07) is 6.58. The van der Waals surface area contributed by atoms with E-state index in [1.807, 2.05) is 12.1 Å². The number of anilines is 1. The van der Waals surface area contributed by atoms with Crippen molar-refractivity contribution in [2.45, 2.75) is 45.2 Å². The summed E-state index contributed by atoms with van der Waals surface area (Å²) in [5.41, 5.74) is 2.65. The van der Waals surface area contributed by atoms with E-state index in [-0.39, 0.29) is 5.54 Å². The summed E-state index contributed by atoms with van der Waals surface area (Å²) in [6.07, 6.45) is 2.32. The molecular formula is C14H21ClN2. The van der Waals surface area contributed by atoms with Crippen molar-refractivity contribution in [1.29, 1.82) is 0 Å². The predicted octanol–water partition coefficient (Wildman–Crippen LogP) is 3.59. The van der Waals surface area contributed by atoms with Gasteiger partial charge in [-0.25, -0.2) is 0 Å². The molecule has 1 aromatic rings. The van der Waals surface area contributed by atoms with Crippen LogP contribution in [-0.2, 0) is 0 Å². The molecule has 1 atom stereocenters. The third-order valence-electron chi connectivity index (χ3n) is 3.40. The summed E-state index contributed by atoms with van der Waals surface area (Å²) in [6.45, 7) is 7.70.